The SMILES string of the molecule is CCCCN1C(=O)c2ccc(C(=O)O[C@@H](C)C(=O)N3c4ccccc4NC(=O)C3(C)C)cc2C1=O. The Morgan fingerprint density at radius 3 is 2.43 bits per heavy atom. The lowest BCUT2D eigenvalue weighted by atomic mass is 9.95. The van der Waals surface area contributed by atoms with Crippen LogP contribution in [0, 0.1) is 0 Å². The Balaban J connectivity index is 1.54. The fourth-order valence-corrected chi connectivity index (χ4v) is 4.24. The maximum absolute atomic E-state index is 13.4. The number of hydrogen-bond acceptors (Lipinski definition) is 6. The Hall–Kier alpha value is -4.01. The Morgan fingerprint density at radius 2 is 1.71 bits per heavy atom. The largest absolute Gasteiger partial charge is 0.449 e. The van der Waals surface area contributed by atoms with Crippen LogP contribution in [0.15, 0.2) is 42.5 Å². The number of nitrogens with zero attached hydrogens (tertiary/aromatic N) is 2. The second-order valence-corrected chi connectivity index (χ2v) is 9.13. The molecule has 35 heavy (non-hydrogen) atoms. The van der Waals surface area contributed by atoms with Crippen molar-refractivity contribution in [3.05, 3.63) is 59.2 Å². The average Bonchev–Trinajstić information content (AvgIpc) is 3.06. The lowest BCUT2D eigenvalue weighted by Gasteiger charge is -2.42. The number of para-hydroxylation sites is 2. The Morgan fingerprint density at radius 1 is 1.03 bits per heavy atom. The molecule has 0 aromatic heterocycles. The normalized spacial score (nSPS) is 17.0. The van der Waals surface area contributed by atoms with E-state index in [0.717, 1.165) is 6.42 Å². The van der Waals surface area contributed by atoms with E-state index in [1.165, 1.54) is 34.9 Å². The fraction of sp³-hybridized carbons (Fsp3) is 0.346. The number of imide groups is 1. The molecule has 2 heterocycles. The van der Waals surface area contributed by atoms with Gasteiger partial charge in [0.05, 0.1) is 28.1 Å². The van der Waals surface area contributed by atoms with E-state index in [-0.39, 0.29) is 28.5 Å². The summed E-state index contributed by atoms with van der Waals surface area (Å²) >= 11 is 0. The molecule has 0 radical (unpaired) electrons. The molecule has 0 aliphatic carbocycles. The fourth-order valence-electron chi connectivity index (χ4n) is 4.24. The van der Waals surface area contributed by atoms with E-state index in [2.05, 4.69) is 5.32 Å². The monoisotopic (exact) mass is 477 g/mol. The van der Waals surface area contributed by atoms with E-state index < -0.39 is 29.4 Å². The summed E-state index contributed by atoms with van der Waals surface area (Å²) in [6.45, 7) is 6.93. The van der Waals surface area contributed by atoms with Gasteiger partial charge in [0.2, 0.25) is 5.91 Å². The van der Waals surface area contributed by atoms with Crippen LogP contribution in [0.5, 0.6) is 0 Å². The van der Waals surface area contributed by atoms with Crippen molar-refractivity contribution in [2.45, 2.75) is 52.2 Å². The Kier molecular flexibility index (Phi) is 6.19. The van der Waals surface area contributed by atoms with Crippen molar-refractivity contribution in [3.8, 4) is 0 Å². The van der Waals surface area contributed by atoms with E-state index in [0.29, 0.717) is 24.3 Å². The molecule has 0 unspecified atom stereocenters. The van der Waals surface area contributed by atoms with Gasteiger partial charge < -0.3 is 10.1 Å². The molecule has 1 N–H and O–H groups in total. The smallest absolute Gasteiger partial charge is 0.338 e. The van der Waals surface area contributed by atoms with Crippen molar-refractivity contribution >= 4 is 41.0 Å². The minimum Gasteiger partial charge on any atom is -0.449 e. The quantitative estimate of drug-likeness (QED) is 0.504. The zero-order chi connectivity index (χ0) is 25.5. The summed E-state index contributed by atoms with van der Waals surface area (Å²) < 4.78 is 5.44. The molecule has 9 heteroatoms. The minimum atomic E-state index is -1.22. The highest BCUT2D eigenvalue weighted by molar-refractivity contribution is 6.22. The Labute approximate surface area is 203 Å². The number of unbranched alkanes of at least 4 members (excludes halogenated alkanes) is 1. The zero-order valence-electron chi connectivity index (χ0n) is 20.1. The summed E-state index contributed by atoms with van der Waals surface area (Å²) in [5.41, 5.74) is 0.204. The van der Waals surface area contributed by atoms with Crippen LogP contribution >= 0.6 is 0 Å². The molecule has 9 nitrogen and oxygen atoms in total. The number of esters is 1. The van der Waals surface area contributed by atoms with Crippen LogP contribution in [-0.4, -0.2) is 52.7 Å². The van der Waals surface area contributed by atoms with Gasteiger partial charge in [0, 0.05) is 6.54 Å². The second-order valence-electron chi connectivity index (χ2n) is 9.13. The van der Waals surface area contributed by atoms with Crippen LogP contribution in [0.3, 0.4) is 0 Å². The molecule has 2 aliphatic rings. The van der Waals surface area contributed by atoms with Gasteiger partial charge in [-0.1, -0.05) is 25.5 Å². The van der Waals surface area contributed by atoms with Gasteiger partial charge in [-0.05, 0) is 57.5 Å². The third-order valence-corrected chi connectivity index (χ3v) is 6.30. The van der Waals surface area contributed by atoms with Crippen LogP contribution in [-0.2, 0) is 14.3 Å². The van der Waals surface area contributed by atoms with Gasteiger partial charge in [-0.25, -0.2) is 4.79 Å². The maximum Gasteiger partial charge on any atom is 0.338 e. The maximum atomic E-state index is 13.4. The van der Waals surface area contributed by atoms with Crippen molar-refractivity contribution < 1.29 is 28.7 Å². The molecule has 0 bridgehead atoms. The molecule has 2 aromatic rings. The number of fused-ring (bicyclic) bond motifs is 2. The number of amides is 4. The second kappa shape index (κ2) is 8.98. The van der Waals surface area contributed by atoms with Crippen LogP contribution in [0.25, 0.3) is 0 Å². The minimum absolute atomic E-state index is 0.0536. The number of benzene rings is 2. The number of carbonyl (C=O) groups excluding carboxylic acids is 5. The van der Waals surface area contributed by atoms with Gasteiger partial charge in [0.1, 0.15) is 5.54 Å². The lowest BCUT2D eigenvalue weighted by Crippen LogP contribution is -2.60. The predicted octanol–water partition coefficient (Wildman–Crippen LogP) is 3.39. The number of anilines is 2. The van der Waals surface area contributed by atoms with Crippen molar-refractivity contribution in [2.75, 3.05) is 16.8 Å². The van der Waals surface area contributed by atoms with Crippen LogP contribution in [0.2, 0.25) is 0 Å². The molecular formula is C26H27N3O6. The van der Waals surface area contributed by atoms with E-state index in [1.54, 1.807) is 38.1 Å². The number of carbonyl (C=O) groups is 5. The van der Waals surface area contributed by atoms with Crippen LogP contribution in [0.4, 0.5) is 11.4 Å². The van der Waals surface area contributed by atoms with Gasteiger partial charge in [0.15, 0.2) is 6.10 Å². The van der Waals surface area contributed by atoms with Gasteiger partial charge in [-0.3, -0.25) is 29.0 Å². The molecule has 1 atom stereocenters. The van der Waals surface area contributed by atoms with Crippen LogP contribution < -0.4 is 10.2 Å². The molecule has 0 fully saturated rings. The van der Waals surface area contributed by atoms with E-state index in [4.69, 9.17) is 4.74 Å². The molecule has 4 amide bonds. The third-order valence-electron chi connectivity index (χ3n) is 6.30. The Bertz CT molecular complexity index is 1250. The molecule has 182 valence electrons. The first kappa shape index (κ1) is 24.1. The van der Waals surface area contributed by atoms with E-state index >= 15 is 0 Å². The van der Waals surface area contributed by atoms with Gasteiger partial charge in [-0.2, -0.15) is 0 Å². The van der Waals surface area contributed by atoms with E-state index in [1.807, 2.05) is 6.92 Å². The first-order chi connectivity index (χ1) is 16.6. The highest BCUT2D eigenvalue weighted by Gasteiger charge is 2.45. The van der Waals surface area contributed by atoms with Crippen molar-refractivity contribution in [3.63, 3.8) is 0 Å². The van der Waals surface area contributed by atoms with Gasteiger partial charge >= 0.3 is 5.97 Å². The van der Waals surface area contributed by atoms with E-state index in [9.17, 15) is 24.0 Å². The molecule has 4 rings (SSSR count). The number of hydrogen-bond donors (Lipinski definition) is 1. The topological polar surface area (TPSA) is 113 Å². The molecule has 0 saturated carbocycles. The number of rotatable bonds is 6. The van der Waals surface area contributed by atoms with Gasteiger partial charge in [-0.15, -0.1) is 0 Å². The van der Waals surface area contributed by atoms with Crippen molar-refractivity contribution in [2.24, 2.45) is 0 Å². The summed E-state index contributed by atoms with van der Waals surface area (Å²) in [5.74, 6) is -2.57. The summed E-state index contributed by atoms with van der Waals surface area (Å²) in [6.07, 6.45) is 0.303. The standard InChI is InChI=1S/C26H27N3O6/c1-5-6-13-28-22(31)17-12-11-16(14-18(17)23(28)32)24(33)35-15(2)21(30)29-20-10-8-7-9-19(20)27-25(34)26(29,3)4/h7-12,14-15H,5-6,13H2,1-4H3,(H,27,34)/t15-/m0/s1. The third kappa shape index (κ3) is 4.07. The van der Waals surface area contributed by atoms with Crippen LogP contribution in [0.1, 0.15) is 71.6 Å². The van der Waals surface area contributed by atoms with Crippen molar-refractivity contribution in [1.29, 1.82) is 0 Å². The summed E-state index contributed by atoms with van der Waals surface area (Å²) in [5, 5.41) is 2.78. The highest BCUT2D eigenvalue weighted by atomic mass is 16.5. The summed E-state index contributed by atoms with van der Waals surface area (Å²) in [6, 6.07) is 11.0. The summed E-state index contributed by atoms with van der Waals surface area (Å²) in [4.78, 5) is 66.6. The molecule has 2 aliphatic heterocycles. The highest BCUT2D eigenvalue weighted by Crippen LogP contribution is 2.37. The number of nitrogens with one attached hydrogen (secondary N) is 1. The molecule has 0 saturated heterocycles. The predicted molar refractivity (Wildman–Crippen MR) is 128 cm³/mol. The first-order valence-corrected chi connectivity index (χ1v) is 11.5. The molecule has 2 aromatic carbocycles. The first-order valence-electron chi connectivity index (χ1n) is 11.5. The van der Waals surface area contributed by atoms with Gasteiger partial charge in [0.25, 0.3) is 17.7 Å². The zero-order valence-corrected chi connectivity index (χ0v) is 20.1. The number of ether oxygens (including phenoxy) is 1. The molecular weight excluding hydrogens is 450 g/mol. The lowest BCUT2D eigenvalue weighted by molar-refractivity contribution is -0.131. The average molecular weight is 478 g/mol. The van der Waals surface area contributed by atoms with Crippen molar-refractivity contribution in [1.82, 2.24) is 4.90 Å². The molecule has 0 spiro atoms. The summed E-state index contributed by atoms with van der Waals surface area (Å²) in [7, 11) is 0.